The predicted octanol–water partition coefficient (Wildman–Crippen LogP) is 9.79. The third-order valence-corrected chi connectivity index (χ3v) is 12.7. The molecule has 0 N–H and O–H groups in total. The van der Waals surface area contributed by atoms with Crippen molar-refractivity contribution in [1.29, 1.82) is 0 Å². The van der Waals surface area contributed by atoms with Crippen LogP contribution in [0.15, 0.2) is 243 Å². The van der Waals surface area contributed by atoms with Crippen molar-refractivity contribution in [2.75, 3.05) is 0 Å². The van der Waals surface area contributed by atoms with Crippen molar-refractivity contribution in [3.05, 3.63) is 307 Å². The Morgan fingerprint density at radius 1 is 0.222 bits per heavy atom. The summed E-state index contributed by atoms with van der Waals surface area (Å²) in [5, 5.41) is 68.6. The van der Waals surface area contributed by atoms with E-state index in [1.165, 1.54) is 146 Å². The van der Waals surface area contributed by atoms with Crippen molar-refractivity contribution in [1.82, 2.24) is 19.9 Å². The van der Waals surface area contributed by atoms with Gasteiger partial charge in [0.15, 0.2) is 0 Å². The summed E-state index contributed by atoms with van der Waals surface area (Å²) < 4.78 is 0. The minimum absolute atomic E-state index is 0. The molecule has 12 rings (SSSR count). The standard InChI is InChI=1S/2C12H8N2.6C7H5ClO2.2Tm/c2*1-3-9-5-6-10-4-2-8-14-12(10)11(9)13-7-1;6*8-6-3-1-5(2-4-6)7(9)10;;/h2*1-8H;6*1-4H,(H,9,10);;/q;;;;;;;;2*+3/p-6. The van der Waals surface area contributed by atoms with Crippen LogP contribution >= 0.6 is 69.6 Å². The zero-order valence-electron chi connectivity index (χ0n) is 45.6. The number of carboxylic acid groups (broad SMARTS) is 6. The molecule has 0 saturated heterocycles. The van der Waals surface area contributed by atoms with Crippen molar-refractivity contribution in [2.45, 2.75) is 0 Å². The number of halogens is 6. The molecule has 0 bridgehead atoms. The van der Waals surface area contributed by atoms with Gasteiger partial charge in [-0.1, -0.05) is 191 Å². The van der Waals surface area contributed by atoms with Crippen LogP contribution in [-0.2, 0) is 0 Å². The summed E-state index contributed by atoms with van der Waals surface area (Å²) in [5.74, 6) is -7.10. The maximum absolute atomic E-state index is 10.2. The van der Waals surface area contributed by atoms with Gasteiger partial charge >= 0.3 is 73.7 Å². The Kier molecular flexibility index (Phi) is 34.3. The van der Waals surface area contributed by atoms with Gasteiger partial charge in [0.2, 0.25) is 0 Å². The monoisotopic (exact) mass is 1630 g/mol. The fourth-order valence-corrected chi connectivity index (χ4v) is 7.63. The second-order valence-corrected chi connectivity index (χ2v) is 19.8. The number of nitrogens with zero attached hydrogens (tertiary/aromatic N) is 4. The molecule has 0 spiro atoms. The fourth-order valence-electron chi connectivity index (χ4n) is 6.88. The molecule has 4 aromatic heterocycles. The molecule has 12 aromatic rings. The Balaban J connectivity index is 0.000000269. The number of hydrogen-bond acceptors (Lipinski definition) is 16. The molecule has 90 heavy (non-hydrogen) atoms. The van der Waals surface area contributed by atoms with Crippen LogP contribution in [0.5, 0.6) is 0 Å². The number of hydrogen-bond donors (Lipinski definition) is 0. The smallest absolute Gasteiger partial charge is 0.545 e. The zero-order chi connectivity index (χ0) is 64.1. The van der Waals surface area contributed by atoms with Gasteiger partial charge in [0.25, 0.3) is 0 Å². The van der Waals surface area contributed by atoms with E-state index in [4.69, 9.17) is 69.6 Å². The minimum atomic E-state index is -1.18. The maximum atomic E-state index is 10.2. The maximum Gasteiger partial charge on any atom is 3.00 e. The molecular weight excluding hydrogens is 1590 g/mol. The summed E-state index contributed by atoms with van der Waals surface area (Å²) in [6, 6.07) is 59.2. The molecule has 0 unspecified atom stereocenters. The van der Waals surface area contributed by atoms with E-state index < -0.39 is 35.8 Å². The first kappa shape index (κ1) is 76.7. The molecule has 0 atom stereocenters. The molecule has 16 nitrogen and oxygen atoms in total. The molecule has 24 heteroatoms. The third-order valence-electron chi connectivity index (χ3n) is 11.2. The SMILES string of the molecule is O=C([O-])c1ccc(Cl)cc1.O=C([O-])c1ccc(Cl)cc1.O=C([O-])c1ccc(Cl)cc1.O=C([O-])c1ccc(Cl)cc1.O=C([O-])c1ccc(Cl)cc1.O=C([O-])c1ccc(Cl)cc1.[Tm+3].[Tm+3].c1cnc2c(c1)ccc1cccnc12.c1cnc2c(c1)ccc1cccnc12. The van der Waals surface area contributed by atoms with Crippen LogP contribution in [0.1, 0.15) is 62.1 Å². The van der Waals surface area contributed by atoms with Gasteiger partial charge in [0, 0.05) is 76.5 Å². The van der Waals surface area contributed by atoms with Crippen LogP contribution < -0.4 is 30.6 Å². The summed E-state index contributed by atoms with van der Waals surface area (Å²) in [4.78, 5) is 78.3. The first-order valence-electron chi connectivity index (χ1n) is 25.1. The summed E-state index contributed by atoms with van der Waals surface area (Å²) in [7, 11) is 0. The molecule has 464 valence electrons. The van der Waals surface area contributed by atoms with Gasteiger partial charge in [-0.3, -0.25) is 19.9 Å². The van der Waals surface area contributed by atoms with Crippen molar-refractivity contribution < 1.29 is 133 Å². The van der Waals surface area contributed by atoms with Crippen molar-refractivity contribution >= 4 is 149 Å². The van der Waals surface area contributed by atoms with Gasteiger partial charge in [0.1, 0.15) is 0 Å². The Labute approximate surface area is 602 Å². The average molecular weight is 1630 g/mol. The molecule has 8 aromatic carbocycles. The summed E-state index contributed by atoms with van der Waals surface area (Å²) in [5.41, 5.74) is 4.77. The number of carbonyl (C=O) groups excluding carboxylic acids is 6. The Morgan fingerprint density at radius 2 is 0.356 bits per heavy atom. The first-order chi connectivity index (χ1) is 42.1. The number of benzene rings is 8. The molecule has 4 heterocycles. The van der Waals surface area contributed by atoms with Gasteiger partial charge in [-0.2, -0.15) is 0 Å². The van der Waals surface area contributed by atoms with E-state index in [1.807, 2.05) is 24.3 Å². The van der Waals surface area contributed by atoms with E-state index in [1.54, 1.807) is 24.8 Å². The van der Waals surface area contributed by atoms with E-state index >= 15 is 0 Å². The number of pyridine rings is 4. The molecular formula is C66H40Cl6N4O12Tm2. The van der Waals surface area contributed by atoms with Crippen molar-refractivity contribution in [2.24, 2.45) is 0 Å². The molecule has 0 aliphatic heterocycles. The van der Waals surface area contributed by atoms with Gasteiger partial charge in [0.05, 0.1) is 57.9 Å². The minimum Gasteiger partial charge on any atom is -0.545 e. The molecule has 0 fully saturated rings. The number of fused-ring (bicyclic) bond motifs is 6. The number of aromatic nitrogens is 4. The van der Waals surface area contributed by atoms with E-state index in [0.29, 0.717) is 30.1 Å². The number of rotatable bonds is 6. The van der Waals surface area contributed by atoms with E-state index in [2.05, 4.69) is 68.5 Å². The number of aromatic carboxylic acids is 6. The van der Waals surface area contributed by atoms with Crippen LogP contribution in [0, 0.1) is 73.7 Å². The number of carboxylic acids is 6. The Morgan fingerprint density at radius 3 is 0.478 bits per heavy atom. The van der Waals surface area contributed by atoms with Crippen molar-refractivity contribution in [3.8, 4) is 0 Å². The molecule has 0 aliphatic rings. The fraction of sp³-hybridized carbons (Fsp3) is 0. The normalized spacial score (nSPS) is 9.58. The van der Waals surface area contributed by atoms with Crippen LogP contribution in [-0.4, -0.2) is 55.8 Å². The summed E-state index contributed by atoms with van der Waals surface area (Å²) >= 11 is 33.0. The second-order valence-electron chi connectivity index (χ2n) is 17.2. The van der Waals surface area contributed by atoms with Crippen LogP contribution in [0.25, 0.3) is 43.6 Å². The Bertz CT molecular complexity index is 3650. The van der Waals surface area contributed by atoms with Crippen LogP contribution in [0.3, 0.4) is 0 Å². The molecule has 0 aliphatic carbocycles. The third kappa shape index (κ3) is 26.5. The van der Waals surface area contributed by atoms with Gasteiger partial charge < -0.3 is 59.4 Å². The second kappa shape index (κ2) is 40.2. The van der Waals surface area contributed by atoms with E-state index in [0.717, 1.165) is 43.6 Å². The first-order valence-corrected chi connectivity index (χ1v) is 27.3. The topological polar surface area (TPSA) is 292 Å². The quantitative estimate of drug-likeness (QED) is 0.140. The molecule has 0 amide bonds. The zero-order valence-corrected chi connectivity index (χ0v) is 53.7. The average Bonchev–Trinajstić information content (AvgIpc) is 1.07. The van der Waals surface area contributed by atoms with Gasteiger partial charge in [-0.25, -0.2) is 0 Å². The van der Waals surface area contributed by atoms with Crippen LogP contribution in [0.2, 0.25) is 30.1 Å². The molecule has 0 radical (unpaired) electrons. The van der Waals surface area contributed by atoms with Gasteiger partial charge in [-0.15, -0.1) is 0 Å². The number of carbonyl (C=O) groups is 6. The summed E-state index contributed by atoms with van der Waals surface area (Å²) in [6.07, 6.45) is 7.21. The van der Waals surface area contributed by atoms with E-state index in [9.17, 15) is 59.4 Å². The van der Waals surface area contributed by atoms with Crippen molar-refractivity contribution in [3.63, 3.8) is 0 Å². The predicted molar refractivity (Wildman–Crippen MR) is 329 cm³/mol. The molecule has 0 saturated carbocycles. The van der Waals surface area contributed by atoms with Crippen LogP contribution in [0.4, 0.5) is 0 Å². The van der Waals surface area contributed by atoms with E-state index in [-0.39, 0.29) is 107 Å². The Hall–Kier alpha value is -7.57. The summed E-state index contributed by atoms with van der Waals surface area (Å²) in [6.45, 7) is 0. The largest absolute Gasteiger partial charge is 3.00 e. The van der Waals surface area contributed by atoms with Gasteiger partial charge in [-0.05, 0) is 130 Å².